The highest BCUT2D eigenvalue weighted by atomic mass is 35.5. The number of ether oxygens (including phenoxy) is 4. The van der Waals surface area contributed by atoms with E-state index < -0.39 is 40.3 Å². The molecule has 3 aromatic rings. The molecule has 0 fully saturated rings. The fraction of sp³-hybridized carbons (Fsp3) is 0.333. The minimum Gasteiger partial charge on any atom is -0.496 e. The lowest BCUT2D eigenvalue weighted by Gasteiger charge is -2.42. The van der Waals surface area contributed by atoms with E-state index in [2.05, 4.69) is 5.32 Å². The molecule has 0 amide bonds. The van der Waals surface area contributed by atoms with Gasteiger partial charge in [0, 0.05) is 43.3 Å². The second-order valence-electron chi connectivity index (χ2n) is 10.7. The topological polar surface area (TPSA) is 127 Å². The van der Waals surface area contributed by atoms with E-state index in [1.54, 1.807) is 25.1 Å². The number of Topliss-reactive ketones (excluding diaryl/α,β-unsaturated/α-hetero) is 2. The Morgan fingerprint density at radius 2 is 1.60 bits per heavy atom. The molecule has 224 valence electrons. The largest absolute Gasteiger partial charge is 0.496 e. The van der Waals surface area contributed by atoms with Crippen molar-refractivity contribution < 1.29 is 28.5 Å². The number of allylic oxidation sites excluding steroid dienone is 1. The van der Waals surface area contributed by atoms with E-state index in [0.717, 1.165) is 4.57 Å². The van der Waals surface area contributed by atoms with Crippen molar-refractivity contribution in [3.8, 4) is 23.0 Å². The Labute approximate surface area is 255 Å². The number of aromatic nitrogens is 2. The van der Waals surface area contributed by atoms with E-state index in [1.165, 1.54) is 46.1 Å². The normalized spacial score (nSPS) is 22.0. The molecule has 43 heavy (non-hydrogen) atoms. The average Bonchev–Trinajstić information content (AvgIpc) is 3.31. The minimum absolute atomic E-state index is 0.0152. The summed E-state index contributed by atoms with van der Waals surface area (Å²) in [7, 11) is 7.17. The zero-order chi connectivity index (χ0) is 31.1. The van der Waals surface area contributed by atoms with Crippen LogP contribution < -0.4 is 35.5 Å². The Bertz CT molecular complexity index is 1930. The van der Waals surface area contributed by atoms with Gasteiger partial charge in [-0.25, -0.2) is 4.79 Å². The summed E-state index contributed by atoms with van der Waals surface area (Å²) in [5, 5.41) is 3.46. The SMILES string of the molecule is COc1ccc([C@H]2C3=C(C[C@@H](C)[C@]4(Oc5c(Cl)c(OC)cc(OC)c5C4=O)C3=O)Nc3c2c(=O)n(C)c(=O)n3C)cc1Cl. The smallest absolute Gasteiger partial charge is 0.332 e. The monoisotopic (exact) mass is 627 g/mol. The molecule has 0 radical (unpaired) electrons. The van der Waals surface area contributed by atoms with Crippen molar-refractivity contribution in [1.29, 1.82) is 0 Å². The van der Waals surface area contributed by atoms with Gasteiger partial charge in [-0.15, -0.1) is 0 Å². The van der Waals surface area contributed by atoms with Crippen LogP contribution in [0.4, 0.5) is 5.82 Å². The average molecular weight is 628 g/mol. The number of nitrogens with one attached hydrogen (secondary N) is 1. The van der Waals surface area contributed by atoms with Crippen LogP contribution in [-0.2, 0) is 18.9 Å². The molecule has 0 saturated carbocycles. The van der Waals surface area contributed by atoms with E-state index in [9.17, 15) is 19.2 Å². The van der Waals surface area contributed by atoms with E-state index in [1.807, 2.05) is 0 Å². The van der Waals surface area contributed by atoms with Crippen molar-refractivity contribution in [3.05, 3.63) is 83.1 Å². The predicted molar refractivity (Wildman–Crippen MR) is 158 cm³/mol. The van der Waals surface area contributed by atoms with E-state index >= 15 is 0 Å². The van der Waals surface area contributed by atoms with Crippen LogP contribution in [0.1, 0.15) is 40.7 Å². The first kappa shape index (κ1) is 28.9. The number of ketones is 2. The summed E-state index contributed by atoms with van der Waals surface area (Å²) in [6.07, 6.45) is 0.168. The van der Waals surface area contributed by atoms with Crippen LogP contribution in [-0.4, -0.2) is 47.6 Å². The van der Waals surface area contributed by atoms with Gasteiger partial charge in [0.1, 0.15) is 33.7 Å². The molecule has 3 aliphatic rings. The molecule has 1 aliphatic carbocycles. The number of hydrogen-bond acceptors (Lipinski definition) is 9. The lowest BCUT2D eigenvalue weighted by Crippen LogP contribution is -2.58. The molecule has 0 saturated heterocycles. The summed E-state index contributed by atoms with van der Waals surface area (Å²) in [4.78, 5) is 55.9. The Morgan fingerprint density at radius 1 is 0.930 bits per heavy atom. The number of hydrogen-bond donors (Lipinski definition) is 1. The number of rotatable bonds is 4. The quantitative estimate of drug-likeness (QED) is 0.429. The van der Waals surface area contributed by atoms with Gasteiger partial charge in [0.25, 0.3) is 5.56 Å². The van der Waals surface area contributed by atoms with Crippen LogP contribution in [0.2, 0.25) is 10.0 Å². The highest BCUT2D eigenvalue weighted by molar-refractivity contribution is 6.36. The lowest BCUT2D eigenvalue weighted by molar-refractivity contribution is -0.130. The lowest BCUT2D eigenvalue weighted by atomic mass is 9.66. The van der Waals surface area contributed by atoms with Gasteiger partial charge < -0.3 is 24.3 Å². The van der Waals surface area contributed by atoms with Crippen LogP contribution in [0.5, 0.6) is 23.0 Å². The molecule has 0 unspecified atom stereocenters. The third-order valence-electron chi connectivity index (χ3n) is 8.59. The Balaban J connectivity index is 1.62. The van der Waals surface area contributed by atoms with Gasteiger partial charge in [0.2, 0.25) is 17.2 Å². The molecule has 1 N–H and O–H groups in total. The summed E-state index contributed by atoms with van der Waals surface area (Å²) in [5.74, 6) is -1.98. The molecule has 1 aromatic heterocycles. The van der Waals surface area contributed by atoms with Crippen LogP contribution in [0, 0.1) is 5.92 Å². The molecule has 3 heterocycles. The third kappa shape index (κ3) is 3.74. The standard InChI is InChI=1S/C30H27Cl2N3O8/c1-12-9-15-20(25(36)30(12)26(37)21-17(41-5)11-18(42-6)23(32)24(21)43-30)19(13-7-8-16(40-4)14(31)10-13)22-27(33-15)34(2)29(39)35(3)28(22)38/h7-8,10-12,19,33H,9H2,1-6H3/t12-,19+,30+/m1/s1. The zero-order valence-electron chi connectivity index (χ0n) is 24.1. The van der Waals surface area contributed by atoms with Crippen LogP contribution >= 0.6 is 23.2 Å². The number of fused-ring (bicyclic) bond motifs is 2. The van der Waals surface area contributed by atoms with Gasteiger partial charge in [-0.05, 0) is 24.1 Å². The molecule has 1 spiro atoms. The van der Waals surface area contributed by atoms with Gasteiger partial charge in [0.15, 0.2) is 5.75 Å². The maximum Gasteiger partial charge on any atom is 0.332 e. The van der Waals surface area contributed by atoms with Crippen molar-refractivity contribution >= 4 is 40.6 Å². The highest BCUT2D eigenvalue weighted by Crippen LogP contribution is 2.56. The van der Waals surface area contributed by atoms with Crippen molar-refractivity contribution in [1.82, 2.24) is 9.13 Å². The molecular weight excluding hydrogens is 601 g/mol. The first-order valence-electron chi connectivity index (χ1n) is 13.3. The number of nitrogens with zero attached hydrogens (tertiary/aromatic N) is 2. The first-order valence-corrected chi connectivity index (χ1v) is 14.0. The molecule has 13 heteroatoms. The predicted octanol–water partition coefficient (Wildman–Crippen LogP) is 3.85. The molecule has 2 aliphatic heterocycles. The molecule has 3 atom stereocenters. The van der Waals surface area contributed by atoms with Crippen molar-refractivity contribution in [2.75, 3.05) is 26.6 Å². The van der Waals surface area contributed by atoms with Crippen LogP contribution in [0.3, 0.4) is 0 Å². The molecular formula is C30H27Cl2N3O8. The van der Waals surface area contributed by atoms with Crippen LogP contribution in [0.25, 0.3) is 0 Å². The van der Waals surface area contributed by atoms with E-state index in [4.69, 9.17) is 42.1 Å². The number of anilines is 1. The number of carbonyl (C=O) groups is 2. The minimum atomic E-state index is -2.01. The highest BCUT2D eigenvalue weighted by Gasteiger charge is 2.63. The molecule has 11 nitrogen and oxygen atoms in total. The number of halogens is 2. The van der Waals surface area contributed by atoms with Gasteiger partial charge in [-0.2, -0.15) is 0 Å². The summed E-state index contributed by atoms with van der Waals surface area (Å²) in [6, 6.07) is 6.38. The second kappa shape index (κ2) is 9.92. The van der Waals surface area contributed by atoms with Gasteiger partial charge in [0.05, 0.1) is 31.9 Å². The third-order valence-corrected chi connectivity index (χ3v) is 9.24. The summed E-state index contributed by atoms with van der Waals surface area (Å²) in [5.41, 5.74) is -1.90. The maximum atomic E-state index is 14.9. The number of benzene rings is 2. The summed E-state index contributed by atoms with van der Waals surface area (Å²) in [6.45, 7) is 1.72. The van der Waals surface area contributed by atoms with Gasteiger partial charge in [-0.1, -0.05) is 36.2 Å². The van der Waals surface area contributed by atoms with Crippen molar-refractivity contribution in [2.24, 2.45) is 20.0 Å². The summed E-state index contributed by atoms with van der Waals surface area (Å²) >= 11 is 13.1. The maximum absolute atomic E-state index is 14.9. The molecule has 6 rings (SSSR count). The molecule has 2 aromatic carbocycles. The zero-order valence-corrected chi connectivity index (χ0v) is 25.6. The number of methoxy groups -OCH3 is 3. The Morgan fingerprint density at radius 3 is 2.23 bits per heavy atom. The Kier molecular flexibility index (Phi) is 6.66. The van der Waals surface area contributed by atoms with Crippen LogP contribution in [0.15, 0.2) is 45.1 Å². The Hall–Kier alpha value is -4.22. The van der Waals surface area contributed by atoms with Gasteiger partial charge >= 0.3 is 5.69 Å². The number of carbonyl (C=O) groups excluding carboxylic acids is 2. The fourth-order valence-electron chi connectivity index (χ4n) is 6.38. The van der Waals surface area contributed by atoms with Gasteiger partial charge in [-0.3, -0.25) is 23.5 Å². The fourth-order valence-corrected chi connectivity index (χ4v) is 6.92. The van der Waals surface area contributed by atoms with Crippen molar-refractivity contribution in [2.45, 2.75) is 24.9 Å². The summed E-state index contributed by atoms with van der Waals surface area (Å²) < 4.78 is 24.8. The van der Waals surface area contributed by atoms with Crippen molar-refractivity contribution in [3.63, 3.8) is 0 Å². The first-order chi connectivity index (χ1) is 20.4. The molecule has 0 bridgehead atoms. The van der Waals surface area contributed by atoms with E-state index in [0.29, 0.717) is 17.0 Å². The van der Waals surface area contributed by atoms with E-state index in [-0.39, 0.29) is 56.2 Å². The second-order valence-corrected chi connectivity index (χ2v) is 11.5.